The first-order valence-corrected chi connectivity index (χ1v) is 8.25. The molecule has 1 aromatic carbocycles. The van der Waals surface area contributed by atoms with Gasteiger partial charge in [0, 0.05) is 32.5 Å². The van der Waals surface area contributed by atoms with Gasteiger partial charge in [0.25, 0.3) is 0 Å². The van der Waals surface area contributed by atoms with Crippen LogP contribution < -0.4 is 9.80 Å². The number of benzene rings is 1. The number of fused-ring (bicyclic) bond motifs is 2. The fourth-order valence-electron chi connectivity index (χ4n) is 3.30. The molecule has 2 aromatic heterocycles. The number of hydrogen-bond donors (Lipinski definition) is 0. The van der Waals surface area contributed by atoms with E-state index in [0.717, 1.165) is 42.2 Å². The summed E-state index contributed by atoms with van der Waals surface area (Å²) in [6.07, 6.45) is 5.16. The molecule has 0 atom stereocenters. The Morgan fingerprint density at radius 3 is 2.71 bits per heavy atom. The van der Waals surface area contributed by atoms with Crippen LogP contribution in [0.2, 0.25) is 0 Å². The number of nitrogens with zero attached hydrogens (tertiary/aromatic N) is 4. The molecule has 122 valence electrons. The Balaban J connectivity index is 1.62. The average molecular weight is 320 g/mol. The Labute approximate surface area is 141 Å². The van der Waals surface area contributed by atoms with Crippen LogP contribution in [0.1, 0.15) is 12.1 Å². The molecule has 0 saturated carbocycles. The number of rotatable bonds is 2. The highest BCUT2D eigenvalue weighted by molar-refractivity contribution is 5.98. The first-order valence-electron chi connectivity index (χ1n) is 8.25. The molecule has 0 radical (unpaired) electrons. The van der Waals surface area contributed by atoms with Crippen molar-refractivity contribution in [1.82, 2.24) is 9.38 Å². The lowest BCUT2D eigenvalue weighted by Crippen LogP contribution is -2.32. The minimum atomic E-state index is 0.0983. The van der Waals surface area contributed by atoms with Crippen LogP contribution in [0.3, 0.4) is 0 Å². The van der Waals surface area contributed by atoms with Gasteiger partial charge in [0.1, 0.15) is 5.65 Å². The summed E-state index contributed by atoms with van der Waals surface area (Å²) in [7, 11) is 2.08. The average Bonchev–Trinajstić information content (AvgIpc) is 2.92. The van der Waals surface area contributed by atoms with Crippen molar-refractivity contribution < 1.29 is 4.79 Å². The van der Waals surface area contributed by atoms with Crippen LogP contribution in [0.15, 0.2) is 54.9 Å². The van der Waals surface area contributed by atoms with Crippen molar-refractivity contribution in [3.8, 4) is 0 Å². The van der Waals surface area contributed by atoms with E-state index in [2.05, 4.69) is 23.0 Å². The van der Waals surface area contributed by atoms with E-state index in [0.29, 0.717) is 6.42 Å². The van der Waals surface area contributed by atoms with Gasteiger partial charge in [-0.2, -0.15) is 0 Å². The van der Waals surface area contributed by atoms with Crippen molar-refractivity contribution in [1.29, 1.82) is 0 Å². The predicted octanol–water partition coefficient (Wildman–Crippen LogP) is 2.75. The minimum Gasteiger partial charge on any atom is -0.373 e. The Hall–Kier alpha value is -2.82. The highest BCUT2D eigenvalue weighted by atomic mass is 16.2. The van der Waals surface area contributed by atoms with Gasteiger partial charge in [-0.3, -0.25) is 4.79 Å². The summed E-state index contributed by atoms with van der Waals surface area (Å²) in [6, 6.07) is 14.0. The fourth-order valence-corrected chi connectivity index (χ4v) is 3.30. The number of hydrogen-bond acceptors (Lipinski definition) is 3. The summed E-state index contributed by atoms with van der Waals surface area (Å²) in [5.74, 6) is 0.0983. The van der Waals surface area contributed by atoms with Gasteiger partial charge in [-0.15, -0.1) is 0 Å². The normalized spacial score (nSPS) is 14.5. The van der Waals surface area contributed by atoms with Crippen molar-refractivity contribution in [2.24, 2.45) is 0 Å². The maximum Gasteiger partial charge on any atom is 0.233 e. The number of anilines is 2. The Morgan fingerprint density at radius 1 is 1.08 bits per heavy atom. The number of carbonyl (C=O) groups excluding carboxylic acids is 1. The molecule has 3 aromatic rings. The first kappa shape index (κ1) is 14.8. The molecule has 0 bridgehead atoms. The van der Waals surface area contributed by atoms with E-state index in [1.54, 1.807) is 0 Å². The van der Waals surface area contributed by atoms with Gasteiger partial charge < -0.3 is 14.2 Å². The SMILES string of the molecule is CN1CCCN(C(=O)Cc2cn3ccccc3n2)c2ccccc21. The summed E-state index contributed by atoms with van der Waals surface area (Å²) in [6.45, 7) is 1.70. The Bertz CT molecular complexity index is 853. The highest BCUT2D eigenvalue weighted by Gasteiger charge is 2.23. The van der Waals surface area contributed by atoms with E-state index in [1.807, 2.05) is 58.1 Å². The summed E-state index contributed by atoms with van der Waals surface area (Å²) in [4.78, 5) is 21.6. The molecule has 24 heavy (non-hydrogen) atoms. The van der Waals surface area contributed by atoms with Crippen LogP contribution in [0.25, 0.3) is 5.65 Å². The van der Waals surface area contributed by atoms with Crippen LogP contribution in [-0.4, -0.2) is 35.4 Å². The number of amides is 1. The smallest absolute Gasteiger partial charge is 0.233 e. The molecule has 0 N–H and O–H groups in total. The topological polar surface area (TPSA) is 40.9 Å². The van der Waals surface area contributed by atoms with Crippen molar-refractivity contribution >= 4 is 22.9 Å². The third-order valence-electron chi connectivity index (χ3n) is 4.51. The predicted molar refractivity (Wildman–Crippen MR) is 95.6 cm³/mol. The van der Waals surface area contributed by atoms with E-state index in [4.69, 9.17) is 0 Å². The number of pyridine rings is 1. The van der Waals surface area contributed by atoms with Gasteiger partial charge in [-0.25, -0.2) is 4.98 Å². The van der Waals surface area contributed by atoms with Gasteiger partial charge in [0.2, 0.25) is 5.91 Å². The molecule has 0 fully saturated rings. The second kappa shape index (κ2) is 6.00. The lowest BCUT2D eigenvalue weighted by molar-refractivity contribution is -0.118. The molecule has 1 amide bonds. The molecule has 0 spiro atoms. The monoisotopic (exact) mass is 320 g/mol. The second-order valence-corrected chi connectivity index (χ2v) is 6.18. The quantitative estimate of drug-likeness (QED) is 0.729. The third kappa shape index (κ3) is 2.62. The molecule has 0 unspecified atom stereocenters. The molecule has 5 heteroatoms. The molecule has 0 aliphatic carbocycles. The third-order valence-corrected chi connectivity index (χ3v) is 4.51. The maximum absolute atomic E-state index is 12.9. The Kier molecular flexibility index (Phi) is 3.69. The van der Waals surface area contributed by atoms with Gasteiger partial charge in [-0.1, -0.05) is 18.2 Å². The van der Waals surface area contributed by atoms with Crippen LogP contribution in [-0.2, 0) is 11.2 Å². The van der Waals surface area contributed by atoms with Gasteiger partial charge in [0.05, 0.1) is 23.5 Å². The minimum absolute atomic E-state index is 0.0983. The van der Waals surface area contributed by atoms with Crippen molar-refractivity contribution in [2.75, 3.05) is 29.9 Å². The lowest BCUT2D eigenvalue weighted by Gasteiger charge is -2.24. The van der Waals surface area contributed by atoms with E-state index in [-0.39, 0.29) is 5.91 Å². The zero-order valence-corrected chi connectivity index (χ0v) is 13.7. The lowest BCUT2D eigenvalue weighted by atomic mass is 10.2. The zero-order valence-electron chi connectivity index (χ0n) is 13.7. The maximum atomic E-state index is 12.9. The number of carbonyl (C=O) groups is 1. The standard InChI is InChI=1S/C19H20N4O/c1-21-10-6-12-23(17-8-3-2-7-16(17)21)19(24)13-15-14-22-11-5-4-9-18(22)20-15/h2-5,7-9,11,14H,6,10,12-13H2,1H3. The van der Waals surface area contributed by atoms with E-state index < -0.39 is 0 Å². The summed E-state index contributed by atoms with van der Waals surface area (Å²) in [5, 5.41) is 0. The largest absolute Gasteiger partial charge is 0.373 e. The molecule has 5 nitrogen and oxygen atoms in total. The summed E-state index contributed by atoms with van der Waals surface area (Å²) >= 11 is 0. The van der Waals surface area contributed by atoms with Crippen LogP contribution in [0.4, 0.5) is 11.4 Å². The second-order valence-electron chi connectivity index (χ2n) is 6.18. The number of aromatic nitrogens is 2. The Morgan fingerprint density at radius 2 is 1.88 bits per heavy atom. The van der Waals surface area contributed by atoms with E-state index >= 15 is 0 Å². The van der Waals surface area contributed by atoms with Crippen molar-refractivity contribution in [3.05, 3.63) is 60.6 Å². The van der Waals surface area contributed by atoms with Crippen molar-refractivity contribution in [2.45, 2.75) is 12.8 Å². The van der Waals surface area contributed by atoms with Crippen LogP contribution >= 0.6 is 0 Å². The number of para-hydroxylation sites is 2. The van der Waals surface area contributed by atoms with Gasteiger partial charge in [0.15, 0.2) is 0 Å². The van der Waals surface area contributed by atoms with E-state index in [1.165, 1.54) is 0 Å². The van der Waals surface area contributed by atoms with Gasteiger partial charge >= 0.3 is 0 Å². The molecule has 1 aliphatic heterocycles. The summed E-state index contributed by atoms with van der Waals surface area (Å²) < 4.78 is 1.95. The highest BCUT2D eigenvalue weighted by Crippen LogP contribution is 2.31. The zero-order chi connectivity index (χ0) is 16.5. The van der Waals surface area contributed by atoms with E-state index in [9.17, 15) is 4.79 Å². The molecule has 1 aliphatic rings. The number of imidazole rings is 1. The van der Waals surface area contributed by atoms with Crippen molar-refractivity contribution in [3.63, 3.8) is 0 Å². The fraction of sp³-hybridized carbons (Fsp3) is 0.263. The molecular formula is C19H20N4O. The van der Waals surface area contributed by atoms with Crippen LogP contribution in [0, 0.1) is 0 Å². The molecule has 3 heterocycles. The molecule has 0 saturated heterocycles. The first-order chi connectivity index (χ1) is 11.7. The summed E-state index contributed by atoms with van der Waals surface area (Å²) in [5.41, 5.74) is 3.78. The molecular weight excluding hydrogens is 300 g/mol. The van der Waals surface area contributed by atoms with Crippen LogP contribution in [0.5, 0.6) is 0 Å². The molecule has 4 rings (SSSR count). The van der Waals surface area contributed by atoms with Gasteiger partial charge in [-0.05, 0) is 30.7 Å².